The van der Waals surface area contributed by atoms with E-state index in [2.05, 4.69) is 25.9 Å². The summed E-state index contributed by atoms with van der Waals surface area (Å²) in [6.45, 7) is 1.56. The molecule has 0 saturated heterocycles. The number of nitrogens with one attached hydrogen (secondary N) is 1. The number of hydrogen-bond acceptors (Lipinski definition) is 2. The van der Waals surface area contributed by atoms with Gasteiger partial charge in [-0.3, -0.25) is 4.99 Å². The van der Waals surface area contributed by atoms with E-state index in [1.54, 1.807) is 0 Å². The summed E-state index contributed by atoms with van der Waals surface area (Å²) in [4.78, 5) is 8.73. The molecule has 120 valence electrons. The van der Waals surface area contributed by atoms with Crippen LogP contribution < -0.4 is 11.1 Å². The summed E-state index contributed by atoms with van der Waals surface area (Å²) in [5.41, 5.74) is 9.00. The summed E-state index contributed by atoms with van der Waals surface area (Å²) in [5.74, 6) is 0.446. The van der Waals surface area contributed by atoms with Crippen LogP contribution in [0.3, 0.4) is 0 Å². The summed E-state index contributed by atoms with van der Waals surface area (Å²) in [7, 11) is 0. The lowest BCUT2D eigenvalue weighted by Crippen LogP contribution is -2.22. The topological polar surface area (TPSA) is 68.2 Å². The van der Waals surface area contributed by atoms with Crippen molar-refractivity contribution in [3.8, 4) is 0 Å². The fourth-order valence-electron chi connectivity index (χ4n) is 2.34. The van der Waals surface area contributed by atoms with Crippen molar-refractivity contribution in [3.63, 3.8) is 0 Å². The molecule has 0 aliphatic rings. The van der Waals surface area contributed by atoms with Crippen LogP contribution in [0.25, 0.3) is 11.0 Å². The number of rotatable bonds is 5. The number of benzene rings is 2. The molecule has 23 heavy (non-hydrogen) atoms. The van der Waals surface area contributed by atoms with Crippen molar-refractivity contribution in [2.75, 3.05) is 11.9 Å². The van der Waals surface area contributed by atoms with Crippen LogP contribution in [0.5, 0.6) is 0 Å². The highest BCUT2D eigenvalue weighted by atomic mass is 127. The van der Waals surface area contributed by atoms with Crippen molar-refractivity contribution in [3.05, 3.63) is 60.9 Å². The molecule has 3 aromatic rings. The quantitative estimate of drug-likeness (QED) is 0.287. The third-order valence-electron chi connectivity index (χ3n) is 3.41. The molecule has 0 radical (unpaired) electrons. The number of aryl methyl sites for hydroxylation is 1. The van der Waals surface area contributed by atoms with Crippen molar-refractivity contribution in [2.24, 2.45) is 10.7 Å². The fraction of sp³-hybridized carbons (Fsp3) is 0.176. The van der Waals surface area contributed by atoms with Crippen LogP contribution in [0.2, 0.25) is 0 Å². The zero-order chi connectivity index (χ0) is 15.2. The molecule has 3 N–H and O–H groups in total. The van der Waals surface area contributed by atoms with Gasteiger partial charge in [0.05, 0.1) is 17.4 Å². The van der Waals surface area contributed by atoms with Gasteiger partial charge in [-0.1, -0.05) is 30.3 Å². The van der Waals surface area contributed by atoms with Gasteiger partial charge >= 0.3 is 0 Å². The SMILES string of the molecule is I.NC(=NCCCn1cnc2ccccc21)Nc1ccccc1. The van der Waals surface area contributed by atoms with Crippen LogP contribution in [0.15, 0.2) is 65.9 Å². The van der Waals surface area contributed by atoms with Crippen molar-refractivity contribution in [1.82, 2.24) is 9.55 Å². The van der Waals surface area contributed by atoms with E-state index in [-0.39, 0.29) is 24.0 Å². The maximum absolute atomic E-state index is 5.88. The highest BCUT2D eigenvalue weighted by Gasteiger charge is 2.00. The number of guanidine groups is 1. The van der Waals surface area contributed by atoms with E-state index in [9.17, 15) is 0 Å². The number of nitrogens with two attached hydrogens (primary N) is 1. The Morgan fingerprint density at radius 2 is 1.83 bits per heavy atom. The molecule has 2 aromatic carbocycles. The van der Waals surface area contributed by atoms with Gasteiger partial charge in [0.25, 0.3) is 0 Å². The highest BCUT2D eigenvalue weighted by Crippen LogP contribution is 2.12. The van der Waals surface area contributed by atoms with E-state index in [1.807, 2.05) is 54.9 Å². The van der Waals surface area contributed by atoms with Crippen LogP contribution in [0.1, 0.15) is 6.42 Å². The first kappa shape index (κ1) is 17.3. The molecule has 0 unspecified atom stereocenters. The highest BCUT2D eigenvalue weighted by molar-refractivity contribution is 14.0. The minimum Gasteiger partial charge on any atom is -0.370 e. The summed E-state index contributed by atoms with van der Waals surface area (Å²) < 4.78 is 2.14. The molecule has 0 aliphatic heterocycles. The van der Waals surface area contributed by atoms with Crippen LogP contribution in [0, 0.1) is 0 Å². The molecule has 0 atom stereocenters. The molecule has 0 saturated carbocycles. The number of imidazole rings is 1. The Hall–Kier alpha value is -2.09. The second-order valence-corrected chi connectivity index (χ2v) is 5.04. The van der Waals surface area contributed by atoms with Crippen LogP contribution in [-0.2, 0) is 6.54 Å². The number of anilines is 1. The molecular formula is C17H20IN5. The molecule has 0 amide bonds. The average molecular weight is 421 g/mol. The minimum atomic E-state index is 0. The summed E-state index contributed by atoms with van der Waals surface area (Å²) >= 11 is 0. The molecule has 0 spiro atoms. The minimum absolute atomic E-state index is 0. The van der Waals surface area contributed by atoms with E-state index in [0.717, 1.165) is 29.7 Å². The van der Waals surface area contributed by atoms with Crippen molar-refractivity contribution in [1.29, 1.82) is 0 Å². The third kappa shape index (κ3) is 4.69. The maximum Gasteiger partial charge on any atom is 0.193 e. The zero-order valence-corrected chi connectivity index (χ0v) is 15.1. The molecular weight excluding hydrogens is 401 g/mol. The second-order valence-electron chi connectivity index (χ2n) is 5.04. The van der Waals surface area contributed by atoms with E-state index in [1.165, 1.54) is 0 Å². The van der Waals surface area contributed by atoms with Gasteiger partial charge in [0, 0.05) is 18.8 Å². The van der Waals surface area contributed by atoms with E-state index in [0.29, 0.717) is 12.5 Å². The van der Waals surface area contributed by atoms with Gasteiger partial charge in [-0.2, -0.15) is 0 Å². The standard InChI is InChI=1S/C17H19N5.HI/c18-17(21-14-7-2-1-3-8-14)19-11-6-12-22-13-20-15-9-4-5-10-16(15)22;/h1-5,7-10,13H,6,11-12H2,(H3,18,19,21);1H. The predicted octanol–water partition coefficient (Wildman–Crippen LogP) is 3.47. The monoisotopic (exact) mass is 421 g/mol. The van der Waals surface area contributed by atoms with E-state index < -0.39 is 0 Å². The molecule has 3 rings (SSSR count). The molecule has 1 heterocycles. The second kappa shape index (κ2) is 8.52. The molecule has 1 aromatic heterocycles. The first-order chi connectivity index (χ1) is 10.8. The van der Waals surface area contributed by atoms with E-state index >= 15 is 0 Å². The summed E-state index contributed by atoms with van der Waals surface area (Å²) in [6, 6.07) is 17.9. The van der Waals surface area contributed by atoms with Gasteiger partial charge in [0.1, 0.15) is 0 Å². The smallest absolute Gasteiger partial charge is 0.193 e. The number of nitrogens with zero attached hydrogens (tertiary/aromatic N) is 3. The maximum atomic E-state index is 5.88. The van der Waals surface area contributed by atoms with Crippen LogP contribution >= 0.6 is 24.0 Å². The van der Waals surface area contributed by atoms with Crippen LogP contribution in [-0.4, -0.2) is 22.1 Å². The third-order valence-corrected chi connectivity index (χ3v) is 3.41. The number of para-hydroxylation sites is 3. The molecule has 6 heteroatoms. The number of fused-ring (bicyclic) bond motifs is 1. The van der Waals surface area contributed by atoms with Gasteiger partial charge in [0.2, 0.25) is 0 Å². The first-order valence-corrected chi connectivity index (χ1v) is 7.35. The number of hydrogen-bond donors (Lipinski definition) is 2. The molecule has 0 fully saturated rings. The number of halogens is 1. The van der Waals surface area contributed by atoms with Gasteiger partial charge in [-0.25, -0.2) is 4.98 Å². The Labute approximate surface area is 152 Å². The lowest BCUT2D eigenvalue weighted by atomic mass is 10.3. The Kier molecular flexibility index (Phi) is 6.40. The summed E-state index contributed by atoms with van der Waals surface area (Å²) in [6.07, 6.45) is 2.79. The van der Waals surface area contributed by atoms with Gasteiger partial charge in [-0.15, -0.1) is 24.0 Å². The Balaban J connectivity index is 0.00000192. The van der Waals surface area contributed by atoms with E-state index in [4.69, 9.17) is 5.73 Å². The number of aromatic nitrogens is 2. The Bertz CT molecular complexity index is 767. The lowest BCUT2D eigenvalue weighted by Gasteiger charge is -2.06. The Morgan fingerprint density at radius 3 is 2.65 bits per heavy atom. The summed E-state index contributed by atoms with van der Waals surface area (Å²) in [5, 5.41) is 3.07. The predicted molar refractivity (Wildman–Crippen MR) is 106 cm³/mol. The molecule has 0 aliphatic carbocycles. The largest absolute Gasteiger partial charge is 0.370 e. The fourth-order valence-corrected chi connectivity index (χ4v) is 2.34. The van der Waals surface area contributed by atoms with Gasteiger partial charge < -0.3 is 15.6 Å². The normalized spacial score (nSPS) is 11.2. The van der Waals surface area contributed by atoms with Crippen LogP contribution in [0.4, 0.5) is 5.69 Å². The Morgan fingerprint density at radius 1 is 1.09 bits per heavy atom. The number of aliphatic imine (C=N–C) groups is 1. The molecule has 5 nitrogen and oxygen atoms in total. The molecule has 0 bridgehead atoms. The zero-order valence-electron chi connectivity index (χ0n) is 12.7. The average Bonchev–Trinajstić information content (AvgIpc) is 2.96. The van der Waals surface area contributed by atoms with Gasteiger partial charge in [0.15, 0.2) is 5.96 Å². The van der Waals surface area contributed by atoms with Gasteiger partial charge in [-0.05, 0) is 30.7 Å². The first-order valence-electron chi connectivity index (χ1n) is 7.35. The van der Waals surface area contributed by atoms with Crippen molar-refractivity contribution >= 4 is 46.7 Å². The van der Waals surface area contributed by atoms with Crippen molar-refractivity contribution < 1.29 is 0 Å². The lowest BCUT2D eigenvalue weighted by molar-refractivity contribution is 0.666. The van der Waals surface area contributed by atoms with Crippen molar-refractivity contribution in [2.45, 2.75) is 13.0 Å².